The molecule has 0 spiro atoms. The number of halogens is 1. The van der Waals surface area contributed by atoms with Crippen LogP contribution in [0.2, 0.25) is 0 Å². The Morgan fingerprint density at radius 3 is 2.47 bits per heavy atom. The summed E-state index contributed by atoms with van der Waals surface area (Å²) in [5.41, 5.74) is 4.68. The van der Waals surface area contributed by atoms with Gasteiger partial charge in [0.25, 0.3) is 0 Å². The molecule has 19 heavy (non-hydrogen) atoms. The molecule has 1 aliphatic rings. The first-order valence-electron chi connectivity index (χ1n) is 6.20. The highest BCUT2D eigenvalue weighted by atomic mass is 79.9. The number of alkyl halides is 1. The summed E-state index contributed by atoms with van der Waals surface area (Å²) in [6.45, 7) is 1.11. The van der Waals surface area contributed by atoms with E-state index in [1.807, 2.05) is 24.3 Å². The Morgan fingerprint density at radius 2 is 1.84 bits per heavy atom. The van der Waals surface area contributed by atoms with Crippen LogP contribution in [0.15, 0.2) is 48.5 Å². The molecule has 0 unspecified atom stereocenters. The summed E-state index contributed by atoms with van der Waals surface area (Å²) in [5.74, 6) is 0. The number of nitrogens with one attached hydrogen (secondary N) is 1. The van der Waals surface area contributed by atoms with Crippen LogP contribution in [0.25, 0.3) is 0 Å². The molecule has 2 nitrogen and oxygen atoms in total. The van der Waals surface area contributed by atoms with Gasteiger partial charge in [0.1, 0.15) is 0 Å². The highest BCUT2D eigenvalue weighted by molar-refractivity contribution is 9.08. The largest absolute Gasteiger partial charge is 0.384 e. The normalized spacial score (nSPS) is 11.6. The second-order valence-corrected chi connectivity index (χ2v) is 4.84. The summed E-state index contributed by atoms with van der Waals surface area (Å²) >= 11 is 3.32. The van der Waals surface area contributed by atoms with Crippen LogP contribution in [-0.4, -0.2) is 6.54 Å². The molecule has 2 aromatic rings. The predicted molar refractivity (Wildman–Crippen MR) is 82.4 cm³/mol. The number of benzene rings is 2. The van der Waals surface area contributed by atoms with E-state index in [1.165, 1.54) is 23.2 Å². The molecule has 0 atom stereocenters. The molecule has 0 aliphatic carbocycles. The lowest BCUT2D eigenvalue weighted by Gasteiger charge is -1.94. The molecule has 1 aliphatic heterocycles. The molecular weight excluding hydrogens is 300 g/mol. The van der Waals surface area contributed by atoms with Crippen LogP contribution >= 0.6 is 15.9 Å². The molecule has 96 valence electrons. The maximum absolute atomic E-state index is 8.44. The summed E-state index contributed by atoms with van der Waals surface area (Å²) in [4.78, 5) is 0. The van der Waals surface area contributed by atoms with Crippen LogP contribution in [0.1, 0.15) is 16.7 Å². The standard InChI is InChI=1S/C8H6BrN.C8H9N/c9-5-7-1-3-8(6-10)4-2-7;1-2-4-8-7(3-1)5-6-9-8/h1-4H,5H2;1-4,9H,5-6H2. The van der Waals surface area contributed by atoms with Gasteiger partial charge in [0.15, 0.2) is 0 Å². The Balaban J connectivity index is 0.000000141. The van der Waals surface area contributed by atoms with Gasteiger partial charge in [-0.1, -0.05) is 46.3 Å². The first kappa shape index (κ1) is 13.6. The second kappa shape index (κ2) is 6.96. The Morgan fingerprint density at radius 1 is 1.11 bits per heavy atom. The van der Waals surface area contributed by atoms with Crippen molar-refractivity contribution in [1.82, 2.24) is 0 Å². The lowest BCUT2D eigenvalue weighted by molar-refractivity contribution is 1.11. The van der Waals surface area contributed by atoms with Gasteiger partial charge in [-0.25, -0.2) is 0 Å². The van der Waals surface area contributed by atoms with Crippen molar-refractivity contribution in [2.24, 2.45) is 0 Å². The molecule has 0 amide bonds. The van der Waals surface area contributed by atoms with Crippen LogP contribution in [0.4, 0.5) is 5.69 Å². The van der Waals surface area contributed by atoms with E-state index in [4.69, 9.17) is 5.26 Å². The van der Waals surface area contributed by atoms with Crippen LogP contribution in [-0.2, 0) is 11.8 Å². The van der Waals surface area contributed by atoms with Crippen molar-refractivity contribution in [2.75, 3.05) is 11.9 Å². The zero-order valence-electron chi connectivity index (χ0n) is 10.6. The Kier molecular flexibility index (Phi) is 5.00. The summed E-state index contributed by atoms with van der Waals surface area (Å²) < 4.78 is 0. The number of anilines is 1. The van der Waals surface area contributed by atoms with E-state index in [0.717, 1.165) is 11.9 Å². The summed E-state index contributed by atoms with van der Waals surface area (Å²) in [6, 6.07) is 18.0. The Bertz CT molecular complexity index is 547. The minimum atomic E-state index is 0.713. The van der Waals surface area contributed by atoms with Gasteiger partial charge >= 0.3 is 0 Å². The smallest absolute Gasteiger partial charge is 0.0991 e. The lowest BCUT2D eigenvalue weighted by atomic mass is 10.2. The summed E-state index contributed by atoms with van der Waals surface area (Å²) in [5, 5.41) is 12.6. The number of nitrogens with zero attached hydrogens (tertiary/aromatic N) is 1. The van der Waals surface area contributed by atoms with E-state index >= 15 is 0 Å². The zero-order chi connectivity index (χ0) is 13.5. The summed E-state index contributed by atoms with van der Waals surface area (Å²) in [7, 11) is 0. The van der Waals surface area contributed by atoms with Crippen LogP contribution in [0.5, 0.6) is 0 Å². The van der Waals surface area contributed by atoms with Crippen LogP contribution in [0, 0.1) is 11.3 Å². The molecule has 3 heteroatoms. The van der Waals surface area contributed by atoms with E-state index in [0.29, 0.717) is 5.56 Å². The van der Waals surface area contributed by atoms with Crippen LogP contribution < -0.4 is 5.32 Å². The van der Waals surface area contributed by atoms with Crippen LogP contribution in [0.3, 0.4) is 0 Å². The molecular formula is C16H15BrN2. The van der Waals surface area contributed by atoms with Gasteiger partial charge in [-0.05, 0) is 35.7 Å². The van der Waals surface area contributed by atoms with Gasteiger partial charge in [0.05, 0.1) is 11.6 Å². The second-order valence-electron chi connectivity index (χ2n) is 4.28. The highest BCUT2D eigenvalue weighted by Crippen LogP contribution is 2.19. The predicted octanol–water partition coefficient (Wildman–Crippen LogP) is 4.11. The number of para-hydroxylation sites is 1. The third-order valence-corrected chi connectivity index (χ3v) is 3.61. The topological polar surface area (TPSA) is 35.8 Å². The van der Waals surface area contributed by atoms with Crippen molar-refractivity contribution in [3.05, 3.63) is 65.2 Å². The van der Waals surface area contributed by atoms with Gasteiger partial charge in [-0.15, -0.1) is 0 Å². The minimum absolute atomic E-state index is 0.713. The molecule has 0 saturated carbocycles. The van der Waals surface area contributed by atoms with Gasteiger partial charge in [-0.2, -0.15) is 5.26 Å². The van der Waals surface area contributed by atoms with Gasteiger partial charge in [-0.3, -0.25) is 0 Å². The number of fused-ring (bicyclic) bond motifs is 1. The number of hydrogen-bond donors (Lipinski definition) is 1. The fraction of sp³-hybridized carbons (Fsp3) is 0.188. The van der Waals surface area contributed by atoms with Crippen molar-refractivity contribution < 1.29 is 0 Å². The molecule has 1 N–H and O–H groups in total. The summed E-state index contributed by atoms with van der Waals surface area (Å²) in [6.07, 6.45) is 1.19. The van der Waals surface area contributed by atoms with Crippen molar-refractivity contribution >= 4 is 21.6 Å². The van der Waals surface area contributed by atoms with E-state index < -0.39 is 0 Å². The zero-order valence-corrected chi connectivity index (χ0v) is 12.2. The molecule has 0 fully saturated rings. The van der Waals surface area contributed by atoms with E-state index in [-0.39, 0.29) is 0 Å². The van der Waals surface area contributed by atoms with Crippen molar-refractivity contribution in [2.45, 2.75) is 11.8 Å². The fourth-order valence-corrected chi connectivity index (χ4v) is 2.28. The van der Waals surface area contributed by atoms with Gasteiger partial charge in [0.2, 0.25) is 0 Å². The first-order valence-corrected chi connectivity index (χ1v) is 7.32. The van der Waals surface area contributed by atoms with Gasteiger partial charge in [0, 0.05) is 17.6 Å². The molecule has 3 rings (SSSR count). The van der Waals surface area contributed by atoms with E-state index in [1.54, 1.807) is 0 Å². The minimum Gasteiger partial charge on any atom is -0.384 e. The third kappa shape index (κ3) is 3.84. The maximum atomic E-state index is 8.44. The molecule has 0 saturated heterocycles. The van der Waals surface area contributed by atoms with Gasteiger partial charge < -0.3 is 5.32 Å². The number of nitriles is 1. The average Bonchev–Trinajstić information content (AvgIpc) is 2.96. The van der Waals surface area contributed by atoms with Crippen molar-refractivity contribution in [3.63, 3.8) is 0 Å². The molecule has 1 heterocycles. The maximum Gasteiger partial charge on any atom is 0.0991 e. The van der Waals surface area contributed by atoms with Crippen molar-refractivity contribution in [3.8, 4) is 6.07 Å². The Labute approximate surface area is 122 Å². The third-order valence-electron chi connectivity index (χ3n) is 2.96. The average molecular weight is 315 g/mol. The highest BCUT2D eigenvalue weighted by Gasteiger charge is 2.05. The Hall–Kier alpha value is -1.79. The SMILES string of the molecule is N#Cc1ccc(CBr)cc1.c1ccc2c(c1)CCN2. The molecule has 0 aromatic heterocycles. The first-order chi connectivity index (χ1) is 9.33. The van der Waals surface area contributed by atoms with Crippen molar-refractivity contribution in [1.29, 1.82) is 5.26 Å². The van der Waals surface area contributed by atoms with E-state index in [9.17, 15) is 0 Å². The quantitative estimate of drug-likeness (QED) is 0.804. The molecule has 0 bridgehead atoms. The number of rotatable bonds is 1. The molecule has 0 radical (unpaired) electrons. The number of hydrogen-bond acceptors (Lipinski definition) is 2. The lowest BCUT2D eigenvalue weighted by Crippen LogP contribution is -1.90. The molecule has 2 aromatic carbocycles. The van der Waals surface area contributed by atoms with E-state index in [2.05, 4.69) is 51.6 Å². The fourth-order valence-electron chi connectivity index (χ4n) is 1.91. The monoisotopic (exact) mass is 314 g/mol.